The molecule has 1 aliphatic carbocycles. The lowest BCUT2D eigenvalue weighted by Gasteiger charge is -2.30. The molecule has 1 fully saturated rings. The summed E-state index contributed by atoms with van der Waals surface area (Å²) in [6, 6.07) is 7.64. The standard InChI is InChI=1S/C16H21ClO/c1-11-6-12(2)8-14(7-11)16(18)10-13-4-3-5-15(17)9-13/h3-5,9,11-12,14H,6-8,10H2,1-2H3. The third-order valence-corrected chi connectivity index (χ3v) is 4.14. The molecule has 2 heteroatoms. The summed E-state index contributed by atoms with van der Waals surface area (Å²) in [6.45, 7) is 4.52. The highest BCUT2D eigenvalue weighted by Gasteiger charge is 2.28. The smallest absolute Gasteiger partial charge is 0.140 e. The molecule has 1 aromatic rings. The molecule has 1 saturated carbocycles. The molecule has 0 aliphatic heterocycles. The van der Waals surface area contributed by atoms with Crippen LogP contribution in [-0.4, -0.2) is 5.78 Å². The molecule has 2 rings (SSSR count). The van der Waals surface area contributed by atoms with E-state index < -0.39 is 0 Å². The van der Waals surface area contributed by atoms with Crippen LogP contribution in [0.15, 0.2) is 24.3 Å². The van der Waals surface area contributed by atoms with Crippen molar-refractivity contribution in [3.8, 4) is 0 Å². The molecule has 1 aromatic carbocycles. The average molecular weight is 265 g/mol. The van der Waals surface area contributed by atoms with Gasteiger partial charge < -0.3 is 0 Å². The monoisotopic (exact) mass is 264 g/mol. The van der Waals surface area contributed by atoms with Crippen molar-refractivity contribution in [2.45, 2.75) is 39.5 Å². The predicted molar refractivity (Wildman–Crippen MR) is 75.8 cm³/mol. The van der Waals surface area contributed by atoms with E-state index in [4.69, 9.17) is 11.6 Å². The number of carbonyl (C=O) groups excluding carboxylic acids is 1. The third-order valence-electron chi connectivity index (χ3n) is 3.90. The molecule has 0 bridgehead atoms. The average Bonchev–Trinajstić information content (AvgIpc) is 2.27. The van der Waals surface area contributed by atoms with Crippen molar-refractivity contribution in [2.75, 3.05) is 0 Å². The molecular formula is C16H21ClO. The number of rotatable bonds is 3. The second-order valence-corrected chi connectivity index (χ2v) is 6.32. The van der Waals surface area contributed by atoms with Crippen LogP contribution >= 0.6 is 11.6 Å². The molecular weight excluding hydrogens is 244 g/mol. The molecule has 0 amide bonds. The first-order chi connectivity index (χ1) is 8.54. The van der Waals surface area contributed by atoms with Gasteiger partial charge in [0.15, 0.2) is 0 Å². The second kappa shape index (κ2) is 5.88. The number of hydrogen-bond acceptors (Lipinski definition) is 1. The summed E-state index contributed by atoms with van der Waals surface area (Å²) in [6.07, 6.45) is 3.92. The van der Waals surface area contributed by atoms with E-state index in [1.54, 1.807) is 0 Å². The topological polar surface area (TPSA) is 17.1 Å². The molecule has 2 atom stereocenters. The van der Waals surface area contributed by atoms with E-state index in [9.17, 15) is 4.79 Å². The number of halogens is 1. The van der Waals surface area contributed by atoms with Crippen LogP contribution in [0.5, 0.6) is 0 Å². The highest BCUT2D eigenvalue weighted by atomic mass is 35.5. The van der Waals surface area contributed by atoms with Crippen LogP contribution in [0.25, 0.3) is 0 Å². The van der Waals surface area contributed by atoms with Crippen molar-refractivity contribution >= 4 is 17.4 Å². The van der Waals surface area contributed by atoms with Gasteiger partial charge in [-0.15, -0.1) is 0 Å². The van der Waals surface area contributed by atoms with Crippen LogP contribution < -0.4 is 0 Å². The largest absolute Gasteiger partial charge is 0.299 e. The van der Waals surface area contributed by atoms with Crippen molar-refractivity contribution in [2.24, 2.45) is 17.8 Å². The van der Waals surface area contributed by atoms with Crippen molar-refractivity contribution in [3.63, 3.8) is 0 Å². The summed E-state index contributed by atoms with van der Waals surface area (Å²) >= 11 is 5.95. The van der Waals surface area contributed by atoms with Gasteiger partial charge in [-0.2, -0.15) is 0 Å². The lowest BCUT2D eigenvalue weighted by atomic mass is 9.74. The van der Waals surface area contributed by atoms with Crippen LogP contribution in [0.1, 0.15) is 38.7 Å². The molecule has 0 saturated heterocycles. The number of benzene rings is 1. The van der Waals surface area contributed by atoms with Gasteiger partial charge in [-0.1, -0.05) is 37.6 Å². The van der Waals surface area contributed by atoms with Crippen LogP contribution in [0.4, 0.5) is 0 Å². The Morgan fingerprint density at radius 1 is 1.22 bits per heavy atom. The van der Waals surface area contributed by atoms with Crippen molar-refractivity contribution < 1.29 is 4.79 Å². The Morgan fingerprint density at radius 3 is 2.50 bits per heavy atom. The molecule has 18 heavy (non-hydrogen) atoms. The highest BCUT2D eigenvalue weighted by molar-refractivity contribution is 6.30. The van der Waals surface area contributed by atoms with Crippen LogP contribution in [0.3, 0.4) is 0 Å². The second-order valence-electron chi connectivity index (χ2n) is 5.89. The van der Waals surface area contributed by atoms with Crippen LogP contribution in [0.2, 0.25) is 5.02 Å². The van der Waals surface area contributed by atoms with E-state index in [0.29, 0.717) is 29.1 Å². The number of ketones is 1. The molecule has 0 N–H and O–H groups in total. The van der Waals surface area contributed by atoms with E-state index in [2.05, 4.69) is 13.8 Å². The lowest BCUT2D eigenvalue weighted by Crippen LogP contribution is -2.27. The van der Waals surface area contributed by atoms with Crippen LogP contribution in [0, 0.1) is 17.8 Å². The lowest BCUT2D eigenvalue weighted by molar-refractivity contribution is -0.124. The first-order valence-electron chi connectivity index (χ1n) is 6.81. The Balaban J connectivity index is 1.99. The first-order valence-corrected chi connectivity index (χ1v) is 7.19. The maximum atomic E-state index is 12.3. The number of Topliss-reactive ketones (excluding diaryl/α,β-unsaturated/α-hetero) is 1. The zero-order chi connectivity index (χ0) is 13.1. The van der Waals surface area contributed by atoms with Gasteiger partial charge in [0.05, 0.1) is 0 Å². The quantitative estimate of drug-likeness (QED) is 0.784. The summed E-state index contributed by atoms with van der Waals surface area (Å²) in [5, 5.41) is 0.714. The predicted octanol–water partition coefficient (Wildman–Crippen LogP) is 4.52. The van der Waals surface area contributed by atoms with E-state index in [-0.39, 0.29) is 5.92 Å². The zero-order valence-corrected chi connectivity index (χ0v) is 11.9. The molecule has 0 radical (unpaired) electrons. The fourth-order valence-electron chi connectivity index (χ4n) is 3.20. The van der Waals surface area contributed by atoms with E-state index >= 15 is 0 Å². The molecule has 1 aliphatic rings. The van der Waals surface area contributed by atoms with Gasteiger partial charge in [-0.25, -0.2) is 0 Å². The summed E-state index contributed by atoms with van der Waals surface area (Å²) in [7, 11) is 0. The first kappa shape index (κ1) is 13.6. The third kappa shape index (κ3) is 3.58. The van der Waals surface area contributed by atoms with Crippen molar-refractivity contribution in [1.29, 1.82) is 0 Å². The molecule has 0 aromatic heterocycles. The van der Waals surface area contributed by atoms with E-state index in [1.807, 2.05) is 24.3 Å². The fourth-order valence-corrected chi connectivity index (χ4v) is 3.42. The SMILES string of the molecule is CC1CC(C)CC(C(=O)Cc2cccc(Cl)c2)C1. The molecule has 2 unspecified atom stereocenters. The minimum absolute atomic E-state index is 0.253. The van der Waals surface area contributed by atoms with E-state index in [0.717, 1.165) is 18.4 Å². The zero-order valence-electron chi connectivity index (χ0n) is 11.2. The molecule has 0 heterocycles. The minimum Gasteiger partial charge on any atom is -0.299 e. The summed E-state index contributed by atoms with van der Waals surface area (Å²) in [4.78, 5) is 12.3. The van der Waals surface area contributed by atoms with Crippen LogP contribution in [-0.2, 0) is 11.2 Å². The van der Waals surface area contributed by atoms with Gasteiger partial charge in [0.2, 0.25) is 0 Å². The minimum atomic E-state index is 0.253. The van der Waals surface area contributed by atoms with Gasteiger partial charge in [0.1, 0.15) is 5.78 Å². The molecule has 0 spiro atoms. The maximum absolute atomic E-state index is 12.3. The molecule has 98 valence electrons. The highest BCUT2D eigenvalue weighted by Crippen LogP contribution is 2.33. The fraction of sp³-hybridized carbons (Fsp3) is 0.562. The van der Waals surface area contributed by atoms with Gasteiger partial charge in [0, 0.05) is 17.4 Å². The van der Waals surface area contributed by atoms with E-state index in [1.165, 1.54) is 6.42 Å². The number of hydrogen-bond donors (Lipinski definition) is 0. The summed E-state index contributed by atoms with van der Waals surface area (Å²) in [5.74, 6) is 2.00. The summed E-state index contributed by atoms with van der Waals surface area (Å²) < 4.78 is 0. The Kier molecular flexibility index (Phi) is 4.45. The number of carbonyl (C=O) groups is 1. The van der Waals surface area contributed by atoms with Gasteiger partial charge >= 0.3 is 0 Å². The Bertz CT molecular complexity index is 417. The Hall–Kier alpha value is -0.820. The Morgan fingerprint density at radius 2 is 1.89 bits per heavy atom. The Labute approximate surface area is 115 Å². The normalized spacial score (nSPS) is 28.1. The van der Waals surface area contributed by atoms with Gasteiger partial charge in [0.25, 0.3) is 0 Å². The summed E-state index contributed by atoms with van der Waals surface area (Å²) in [5.41, 5.74) is 1.04. The van der Waals surface area contributed by atoms with Crippen molar-refractivity contribution in [1.82, 2.24) is 0 Å². The maximum Gasteiger partial charge on any atom is 0.140 e. The van der Waals surface area contributed by atoms with Gasteiger partial charge in [-0.3, -0.25) is 4.79 Å². The van der Waals surface area contributed by atoms with Crippen molar-refractivity contribution in [3.05, 3.63) is 34.9 Å². The molecule has 1 nitrogen and oxygen atoms in total. The van der Waals surface area contributed by atoms with Gasteiger partial charge in [-0.05, 0) is 48.8 Å².